The van der Waals surface area contributed by atoms with Crippen LogP contribution in [0.15, 0.2) is 23.0 Å². The van der Waals surface area contributed by atoms with Gasteiger partial charge in [0.25, 0.3) is 5.56 Å². The van der Waals surface area contributed by atoms with E-state index in [2.05, 4.69) is 4.98 Å². The van der Waals surface area contributed by atoms with Crippen LogP contribution < -0.4 is 5.56 Å². The van der Waals surface area contributed by atoms with Crippen molar-refractivity contribution in [2.75, 3.05) is 6.61 Å². The molecule has 7 heteroatoms. The van der Waals surface area contributed by atoms with Gasteiger partial charge in [-0.25, -0.2) is 14.6 Å². The molecule has 7 nitrogen and oxygen atoms in total. The van der Waals surface area contributed by atoms with Crippen molar-refractivity contribution in [3.05, 3.63) is 39.9 Å². The SMILES string of the molecule is CC(C)(C)OC(=O)COC(=O)c1ccc2c(=O)n3c(nc2c1)CCCCCC3. The lowest BCUT2D eigenvalue weighted by molar-refractivity contribution is -0.158. The van der Waals surface area contributed by atoms with E-state index in [-0.39, 0.29) is 11.1 Å². The number of fused-ring (bicyclic) bond motifs is 2. The van der Waals surface area contributed by atoms with Gasteiger partial charge in [0.05, 0.1) is 16.5 Å². The number of aryl methyl sites for hydroxylation is 1. The van der Waals surface area contributed by atoms with E-state index >= 15 is 0 Å². The third kappa shape index (κ3) is 4.77. The minimum absolute atomic E-state index is 0.0735. The molecule has 0 atom stereocenters. The fraction of sp³-hybridized carbons (Fsp3) is 0.524. The highest BCUT2D eigenvalue weighted by atomic mass is 16.6. The van der Waals surface area contributed by atoms with Gasteiger partial charge >= 0.3 is 11.9 Å². The molecule has 0 radical (unpaired) electrons. The van der Waals surface area contributed by atoms with E-state index in [1.165, 1.54) is 6.07 Å². The molecule has 150 valence electrons. The van der Waals surface area contributed by atoms with Crippen LogP contribution in [0.25, 0.3) is 10.9 Å². The Labute approximate surface area is 163 Å². The summed E-state index contributed by atoms with van der Waals surface area (Å²) in [6.45, 7) is 5.44. The molecule has 0 unspecified atom stereocenters. The predicted octanol–water partition coefficient (Wildman–Crippen LogP) is 3.01. The van der Waals surface area contributed by atoms with Crippen molar-refractivity contribution in [3.63, 3.8) is 0 Å². The Morgan fingerprint density at radius 1 is 1.14 bits per heavy atom. The van der Waals surface area contributed by atoms with Gasteiger partial charge in [-0.3, -0.25) is 9.36 Å². The van der Waals surface area contributed by atoms with Crippen molar-refractivity contribution in [3.8, 4) is 0 Å². The van der Waals surface area contributed by atoms with Crippen molar-refractivity contribution >= 4 is 22.8 Å². The molecule has 1 aromatic heterocycles. The van der Waals surface area contributed by atoms with E-state index < -0.39 is 24.1 Å². The summed E-state index contributed by atoms with van der Waals surface area (Å²) in [6.07, 6.45) is 4.96. The van der Waals surface area contributed by atoms with Gasteiger partial charge in [-0.1, -0.05) is 12.8 Å². The highest BCUT2D eigenvalue weighted by Gasteiger charge is 2.19. The van der Waals surface area contributed by atoms with Gasteiger partial charge in [-0.05, 0) is 51.8 Å². The number of esters is 2. The molecule has 1 aliphatic heterocycles. The maximum Gasteiger partial charge on any atom is 0.344 e. The molecule has 0 amide bonds. The monoisotopic (exact) mass is 386 g/mol. The number of hydrogen-bond acceptors (Lipinski definition) is 6. The summed E-state index contributed by atoms with van der Waals surface area (Å²) in [7, 11) is 0. The van der Waals surface area contributed by atoms with Crippen LogP contribution in [-0.2, 0) is 27.2 Å². The Bertz CT molecular complexity index is 956. The number of benzene rings is 1. The van der Waals surface area contributed by atoms with Gasteiger partial charge < -0.3 is 9.47 Å². The van der Waals surface area contributed by atoms with Crippen molar-refractivity contribution in [2.24, 2.45) is 0 Å². The Morgan fingerprint density at radius 2 is 1.89 bits per heavy atom. The predicted molar refractivity (Wildman–Crippen MR) is 104 cm³/mol. The molecule has 0 saturated carbocycles. The van der Waals surface area contributed by atoms with E-state index in [1.54, 1.807) is 37.5 Å². The lowest BCUT2D eigenvalue weighted by atomic mass is 10.1. The van der Waals surface area contributed by atoms with Crippen LogP contribution >= 0.6 is 0 Å². The van der Waals surface area contributed by atoms with E-state index in [9.17, 15) is 14.4 Å². The zero-order chi connectivity index (χ0) is 20.3. The summed E-state index contributed by atoms with van der Waals surface area (Å²) in [5.41, 5.74) is 0.00719. The van der Waals surface area contributed by atoms with Gasteiger partial charge in [0.15, 0.2) is 6.61 Å². The first kappa shape index (κ1) is 20.0. The van der Waals surface area contributed by atoms with Crippen molar-refractivity contribution < 1.29 is 19.1 Å². The summed E-state index contributed by atoms with van der Waals surface area (Å²) in [5, 5.41) is 0.480. The highest BCUT2D eigenvalue weighted by molar-refractivity contribution is 5.94. The maximum atomic E-state index is 12.8. The summed E-state index contributed by atoms with van der Waals surface area (Å²) in [4.78, 5) is 41.4. The smallest absolute Gasteiger partial charge is 0.344 e. The number of carbonyl (C=O) groups is 2. The summed E-state index contributed by atoms with van der Waals surface area (Å²) in [6, 6.07) is 4.67. The average Bonchev–Trinajstić information content (AvgIpc) is 2.59. The van der Waals surface area contributed by atoms with Crippen LogP contribution in [-0.4, -0.2) is 33.7 Å². The van der Waals surface area contributed by atoms with Crippen molar-refractivity contribution in [1.82, 2.24) is 9.55 Å². The average molecular weight is 386 g/mol. The molecule has 0 N–H and O–H groups in total. The number of ether oxygens (including phenoxy) is 2. The summed E-state index contributed by atoms with van der Waals surface area (Å²) in [5.74, 6) is -0.503. The zero-order valence-corrected chi connectivity index (χ0v) is 16.6. The third-order valence-corrected chi connectivity index (χ3v) is 4.54. The molecule has 1 aromatic carbocycles. The maximum absolute atomic E-state index is 12.8. The molecule has 2 heterocycles. The van der Waals surface area contributed by atoms with Crippen LogP contribution in [0.3, 0.4) is 0 Å². The minimum Gasteiger partial charge on any atom is -0.457 e. The largest absolute Gasteiger partial charge is 0.457 e. The fourth-order valence-electron chi connectivity index (χ4n) is 3.30. The van der Waals surface area contributed by atoms with Gasteiger partial charge in [-0.2, -0.15) is 0 Å². The molecule has 0 saturated heterocycles. The summed E-state index contributed by atoms with van der Waals surface area (Å²) >= 11 is 0. The Morgan fingerprint density at radius 3 is 2.64 bits per heavy atom. The molecule has 2 aromatic rings. The molecule has 0 bridgehead atoms. The quantitative estimate of drug-likeness (QED) is 0.754. The summed E-state index contributed by atoms with van der Waals surface area (Å²) < 4.78 is 11.9. The Balaban J connectivity index is 1.81. The van der Waals surface area contributed by atoms with Crippen molar-refractivity contribution in [1.29, 1.82) is 0 Å². The van der Waals surface area contributed by atoms with Crippen LogP contribution in [0.1, 0.15) is 62.6 Å². The number of carbonyl (C=O) groups excluding carboxylic acids is 2. The lowest BCUT2D eigenvalue weighted by Crippen LogP contribution is -2.27. The number of hydrogen-bond donors (Lipinski definition) is 0. The molecule has 0 fully saturated rings. The van der Waals surface area contributed by atoms with E-state index in [0.29, 0.717) is 17.4 Å². The molecule has 28 heavy (non-hydrogen) atoms. The van der Waals surface area contributed by atoms with E-state index in [4.69, 9.17) is 9.47 Å². The van der Waals surface area contributed by atoms with Crippen LogP contribution in [0, 0.1) is 0 Å². The van der Waals surface area contributed by atoms with Crippen molar-refractivity contribution in [2.45, 2.75) is 65.0 Å². The molecule has 0 aliphatic carbocycles. The van der Waals surface area contributed by atoms with Crippen LogP contribution in [0.4, 0.5) is 0 Å². The third-order valence-electron chi connectivity index (χ3n) is 4.54. The molecule has 0 spiro atoms. The highest BCUT2D eigenvalue weighted by Crippen LogP contribution is 2.17. The normalized spacial score (nSPS) is 14.7. The number of nitrogens with zero attached hydrogens (tertiary/aromatic N) is 2. The zero-order valence-electron chi connectivity index (χ0n) is 16.6. The standard InChI is InChI=1S/C21H26N2O5/c1-21(2,3)28-18(24)13-27-20(26)14-9-10-15-16(12-14)22-17-8-6-4-5-7-11-23(17)19(15)25/h9-10,12H,4-8,11,13H2,1-3H3. The van der Waals surface area contributed by atoms with Gasteiger partial charge in [0, 0.05) is 13.0 Å². The second kappa shape index (κ2) is 8.12. The van der Waals surface area contributed by atoms with Gasteiger partial charge in [0.1, 0.15) is 11.4 Å². The second-order valence-corrected chi connectivity index (χ2v) is 8.04. The molecule has 3 rings (SSSR count). The number of rotatable bonds is 3. The Hall–Kier alpha value is -2.70. The topological polar surface area (TPSA) is 87.5 Å². The molecule has 1 aliphatic rings. The Kier molecular flexibility index (Phi) is 5.82. The first-order valence-electron chi connectivity index (χ1n) is 9.67. The van der Waals surface area contributed by atoms with E-state index in [1.807, 2.05) is 0 Å². The lowest BCUT2D eigenvalue weighted by Gasteiger charge is -2.19. The first-order valence-corrected chi connectivity index (χ1v) is 9.67. The van der Waals surface area contributed by atoms with Crippen LogP contribution in [0.5, 0.6) is 0 Å². The number of aromatic nitrogens is 2. The van der Waals surface area contributed by atoms with Gasteiger partial charge in [-0.15, -0.1) is 0 Å². The molecular formula is C21H26N2O5. The van der Waals surface area contributed by atoms with Crippen LogP contribution in [0.2, 0.25) is 0 Å². The minimum atomic E-state index is -0.651. The van der Waals surface area contributed by atoms with E-state index in [0.717, 1.165) is 37.9 Å². The second-order valence-electron chi connectivity index (χ2n) is 8.04. The molecular weight excluding hydrogens is 360 g/mol. The first-order chi connectivity index (χ1) is 13.2. The van der Waals surface area contributed by atoms with Gasteiger partial charge in [0.2, 0.25) is 0 Å². The fourth-order valence-corrected chi connectivity index (χ4v) is 3.30.